The lowest BCUT2D eigenvalue weighted by Crippen LogP contribution is -2.35. The highest BCUT2D eigenvalue weighted by Gasteiger charge is 2.31. The van der Waals surface area contributed by atoms with Gasteiger partial charge in [-0.25, -0.2) is 9.97 Å². The van der Waals surface area contributed by atoms with E-state index in [9.17, 15) is 14.9 Å². The van der Waals surface area contributed by atoms with Crippen molar-refractivity contribution in [2.45, 2.75) is 42.9 Å². The zero-order valence-electron chi connectivity index (χ0n) is 18.8. The van der Waals surface area contributed by atoms with E-state index in [0.717, 1.165) is 23.4 Å². The molecule has 0 radical (unpaired) electrons. The molecule has 1 saturated heterocycles. The van der Waals surface area contributed by atoms with Crippen LogP contribution in [0, 0.1) is 10.1 Å². The molecule has 3 aromatic rings. The van der Waals surface area contributed by atoms with Gasteiger partial charge >= 0.3 is 11.6 Å². The van der Waals surface area contributed by atoms with Gasteiger partial charge in [-0.1, -0.05) is 18.2 Å². The fourth-order valence-electron chi connectivity index (χ4n) is 3.75. The van der Waals surface area contributed by atoms with Crippen molar-refractivity contribution in [3.8, 4) is 11.6 Å². The first kappa shape index (κ1) is 23.6. The molecule has 34 heavy (non-hydrogen) atoms. The van der Waals surface area contributed by atoms with Gasteiger partial charge in [-0.15, -0.1) is 11.8 Å². The van der Waals surface area contributed by atoms with Crippen LogP contribution in [0.15, 0.2) is 60.0 Å². The number of thioether (sulfide) groups is 1. The van der Waals surface area contributed by atoms with Gasteiger partial charge in [0.25, 0.3) is 0 Å². The Bertz CT molecular complexity index is 1140. The molecule has 176 valence electrons. The fraction of sp³-hybridized carbons (Fsp3) is 0.333. The number of Topliss-reactive ketones (excluding diaryl/α,β-unsaturated/α-hetero) is 1. The Morgan fingerprint density at radius 3 is 2.56 bits per heavy atom. The van der Waals surface area contributed by atoms with Crippen LogP contribution in [0.3, 0.4) is 0 Å². The zero-order valence-corrected chi connectivity index (χ0v) is 19.6. The summed E-state index contributed by atoms with van der Waals surface area (Å²) in [7, 11) is 0. The van der Waals surface area contributed by atoms with Gasteiger partial charge in [0.1, 0.15) is 17.9 Å². The minimum atomic E-state index is -0.485. The summed E-state index contributed by atoms with van der Waals surface area (Å²) in [5.74, 6) is 0.749. The Labute approximate surface area is 201 Å². The van der Waals surface area contributed by atoms with Crippen molar-refractivity contribution in [2.75, 3.05) is 18.0 Å². The maximum atomic E-state index is 12.0. The molecule has 0 atom stereocenters. The van der Waals surface area contributed by atoms with Crippen LogP contribution in [0.4, 0.5) is 11.5 Å². The Morgan fingerprint density at radius 2 is 1.91 bits per heavy atom. The van der Waals surface area contributed by atoms with E-state index in [4.69, 9.17) is 4.74 Å². The number of piperidine rings is 1. The van der Waals surface area contributed by atoms with Gasteiger partial charge in [0.05, 0.1) is 9.95 Å². The maximum absolute atomic E-state index is 12.0. The number of hydrogen-bond acceptors (Lipinski definition) is 9. The first-order valence-electron chi connectivity index (χ1n) is 11.1. The second kappa shape index (κ2) is 11.1. The summed E-state index contributed by atoms with van der Waals surface area (Å²) in [6.45, 7) is 2.85. The third kappa shape index (κ3) is 6.07. The highest BCUT2D eigenvalue weighted by Crippen LogP contribution is 2.38. The number of aromatic nitrogens is 3. The molecule has 4 rings (SSSR count). The highest BCUT2D eigenvalue weighted by atomic mass is 32.2. The summed E-state index contributed by atoms with van der Waals surface area (Å²) in [5.41, 5.74) is 0.755. The number of benzene rings is 1. The van der Waals surface area contributed by atoms with E-state index >= 15 is 0 Å². The number of nitrogens with zero attached hydrogens (tertiary/aromatic N) is 5. The Hall–Kier alpha value is -3.53. The van der Waals surface area contributed by atoms with Crippen LogP contribution < -0.4 is 9.64 Å². The van der Waals surface area contributed by atoms with Gasteiger partial charge < -0.3 is 14.4 Å². The van der Waals surface area contributed by atoms with Crippen LogP contribution in [0.1, 0.15) is 31.7 Å². The van der Waals surface area contributed by atoms with Crippen LogP contribution >= 0.6 is 11.8 Å². The number of ether oxygens (including phenoxy) is 1. The predicted octanol–water partition coefficient (Wildman–Crippen LogP) is 4.85. The van der Waals surface area contributed by atoms with Crippen LogP contribution in [-0.4, -0.2) is 44.0 Å². The Morgan fingerprint density at radius 1 is 1.15 bits per heavy atom. The van der Waals surface area contributed by atoms with Crippen molar-refractivity contribution < 1.29 is 14.5 Å². The standard InChI is InChI=1S/C24H25N5O4S/c1-17(30)5-6-18-7-9-19(10-8-18)33-24-22(29(31)32)23(26-16-27-24)28-14-11-20(12-15-28)34-21-4-2-3-13-25-21/h2-4,7-10,13,16,20H,5-6,11-12,14-15H2,1H3. The van der Waals surface area contributed by atoms with Crippen molar-refractivity contribution in [3.63, 3.8) is 0 Å². The van der Waals surface area contributed by atoms with Gasteiger partial charge in [0, 0.05) is 31.0 Å². The van der Waals surface area contributed by atoms with E-state index in [2.05, 4.69) is 15.0 Å². The maximum Gasteiger partial charge on any atom is 0.373 e. The first-order valence-corrected chi connectivity index (χ1v) is 12.0. The molecular weight excluding hydrogens is 454 g/mol. The van der Waals surface area contributed by atoms with Crippen molar-refractivity contribution >= 4 is 29.1 Å². The average Bonchev–Trinajstić information content (AvgIpc) is 2.84. The van der Waals surface area contributed by atoms with E-state index in [1.54, 1.807) is 37.0 Å². The Kier molecular flexibility index (Phi) is 7.69. The number of ketones is 1. The quantitative estimate of drug-likeness (QED) is 0.314. The summed E-state index contributed by atoms with van der Waals surface area (Å²) < 4.78 is 5.78. The number of anilines is 1. The van der Waals surface area contributed by atoms with E-state index in [1.807, 2.05) is 35.2 Å². The van der Waals surface area contributed by atoms with Gasteiger partial charge in [-0.3, -0.25) is 10.1 Å². The summed E-state index contributed by atoms with van der Waals surface area (Å²) in [6, 6.07) is 13.0. The number of carbonyl (C=O) groups is 1. The monoisotopic (exact) mass is 479 g/mol. The summed E-state index contributed by atoms with van der Waals surface area (Å²) in [5, 5.41) is 13.3. The molecule has 0 amide bonds. The second-order valence-corrected chi connectivity index (χ2v) is 9.35. The highest BCUT2D eigenvalue weighted by molar-refractivity contribution is 7.99. The van der Waals surface area contributed by atoms with E-state index in [-0.39, 0.29) is 23.2 Å². The normalized spacial score (nSPS) is 14.1. The number of nitro groups is 1. The molecule has 1 aliphatic heterocycles. The lowest BCUT2D eigenvalue weighted by Gasteiger charge is -2.31. The molecule has 1 fully saturated rings. The van der Waals surface area contributed by atoms with Crippen LogP contribution in [-0.2, 0) is 11.2 Å². The molecule has 10 heteroatoms. The first-order chi connectivity index (χ1) is 16.5. The smallest absolute Gasteiger partial charge is 0.373 e. The molecule has 0 bridgehead atoms. The van der Waals surface area contributed by atoms with Gasteiger partial charge in [0.15, 0.2) is 0 Å². The molecule has 0 saturated carbocycles. The molecule has 1 aliphatic rings. The molecule has 0 aliphatic carbocycles. The predicted molar refractivity (Wildman–Crippen MR) is 130 cm³/mol. The number of rotatable bonds is 9. The number of hydrogen-bond donors (Lipinski definition) is 0. The SMILES string of the molecule is CC(=O)CCc1ccc(Oc2ncnc(N3CCC(Sc4ccccn4)CC3)c2[N+](=O)[O-])cc1. The second-order valence-electron chi connectivity index (χ2n) is 8.03. The number of aryl methyl sites for hydroxylation is 1. The van der Waals surface area contributed by atoms with Crippen molar-refractivity contribution in [2.24, 2.45) is 0 Å². The van der Waals surface area contributed by atoms with Crippen LogP contribution in [0.25, 0.3) is 0 Å². The fourth-order valence-corrected chi connectivity index (χ4v) is 4.82. The molecular formula is C24H25N5O4S. The van der Waals surface area contributed by atoms with Crippen molar-refractivity contribution in [1.29, 1.82) is 0 Å². The molecule has 3 heterocycles. The van der Waals surface area contributed by atoms with Crippen LogP contribution in [0.2, 0.25) is 0 Å². The summed E-state index contributed by atoms with van der Waals surface area (Å²) >= 11 is 1.74. The average molecular weight is 480 g/mol. The molecule has 2 aromatic heterocycles. The zero-order chi connectivity index (χ0) is 23.9. The third-order valence-corrected chi connectivity index (χ3v) is 6.81. The minimum absolute atomic E-state index is 0.0866. The lowest BCUT2D eigenvalue weighted by molar-refractivity contribution is -0.385. The Balaban J connectivity index is 1.45. The van der Waals surface area contributed by atoms with E-state index in [0.29, 0.717) is 36.9 Å². The topological polar surface area (TPSA) is 111 Å². The third-order valence-electron chi connectivity index (χ3n) is 5.52. The largest absolute Gasteiger partial charge is 0.434 e. The van der Waals surface area contributed by atoms with Gasteiger partial charge in [0.2, 0.25) is 5.82 Å². The number of carbonyl (C=O) groups excluding carboxylic acids is 1. The molecule has 9 nitrogen and oxygen atoms in total. The van der Waals surface area contributed by atoms with Gasteiger partial charge in [-0.05, 0) is 56.0 Å². The number of pyridine rings is 1. The summed E-state index contributed by atoms with van der Waals surface area (Å²) in [6.07, 6.45) is 5.91. The molecule has 0 N–H and O–H groups in total. The van der Waals surface area contributed by atoms with Gasteiger partial charge in [-0.2, -0.15) is 4.98 Å². The van der Waals surface area contributed by atoms with E-state index < -0.39 is 4.92 Å². The molecule has 1 aromatic carbocycles. The molecule has 0 spiro atoms. The van der Waals surface area contributed by atoms with E-state index in [1.165, 1.54) is 6.33 Å². The van der Waals surface area contributed by atoms with Crippen molar-refractivity contribution in [1.82, 2.24) is 15.0 Å². The van der Waals surface area contributed by atoms with Crippen LogP contribution in [0.5, 0.6) is 11.6 Å². The van der Waals surface area contributed by atoms with Crippen molar-refractivity contribution in [3.05, 3.63) is 70.7 Å². The molecule has 0 unspecified atom stereocenters. The summed E-state index contributed by atoms with van der Waals surface area (Å²) in [4.78, 5) is 37.2. The minimum Gasteiger partial charge on any atom is -0.434 e. The lowest BCUT2D eigenvalue weighted by atomic mass is 10.1.